The molecule has 118 valence electrons. The molecule has 0 saturated carbocycles. The molecule has 1 atom stereocenters. The Hall–Kier alpha value is -0.810. The van der Waals surface area contributed by atoms with Gasteiger partial charge in [0.25, 0.3) is 0 Å². The van der Waals surface area contributed by atoms with Gasteiger partial charge < -0.3 is 14.8 Å². The molecule has 1 N–H and O–H groups in total. The van der Waals surface area contributed by atoms with E-state index in [2.05, 4.69) is 24.1 Å². The number of rotatable bonds is 7. The van der Waals surface area contributed by atoms with Gasteiger partial charge >= 0.3 is 0 Å². The molecule has 0 amide bonds. The van der Waals surface area contributed by atoms with E-state index in [-0.39, 0.29) is 6.10 Å². The molecule has 21 heavy (non-hydrogen) atoms. The summed E-state index contributed by atoms with van der Waals surface area (Å²) < 4.78 is 11.7. The van der Waals surface area contributed by atoms with E-state index in [4.69, 9.17) is 21.1 Å². The molecular weight excluding hydrogens is 288 g/mol. The number of morpholine rings is 1. The second-order valence-corrected chi connectivity index (χ2v) is 5.67. The highest BCUT2D eigenvalue weighted by Gasteiger charge is 2.20. The predicted molar refractivity (Wildman–Crippen MR) is 86.2 cm³/mol. The Morgan fingerprint density at radius 1 is 1.43 bits per heavy atom. The zero-order valence-corrected chi connectivity index (χ0v) is 13.7. The van der Waals surface area contributed by atoms with Crippen LogP contribution in [-0.4, -0.2) is 50.4 Å². The molecule has 1 aliphatic heterocycles. The Morgan fingerprint density at radius 3 is 3.05 bits per heavy atom. The van der Waals surface area contributed by atoms with Gasteiger partial charge in [0.2, 0.25) is 0 Å². The monoisotopic (exact) mass is 312 g/mol. The van der Waals surface area contributed by atoms with Gasteiger partial charge in [0.05, 0.1) is 6.61 Å². The minimum atomic E-state index is 0.140. The van der Waals surface area contributed by atoms with Crippen LogP contribution < -0.4 is 10.1 Å². The molecule has 1 aliphatic rings. The van der Waals surface area contributed by atoms with Crippen LogP contribution in [0.1, 0.15) is 19.4 Å². The third-order valence-corrected chi connectivity index (χ3v) is 3.92. The lowest BCUT2D eigenvalue weighted by Crippen LogP contribution is -2.44. The number of hydrogen-bond acceptors (Lipinski definition) is 4. The van der Waals surface area contributed by atoms with Crippen LogP contribution in [0.2, 0.25) is 5.02 Å². The van der Waals surface area contributed by atoms with E-state index in [9.17, 15) is 0 Å². The van der Waals surface area contributed by atoms with Crippen LogP contribution in [0, 0.1) is 0 Å². The molecule has 0 bridgehead atoms. The van der Waals surface area contributed by atoms with E-state index in [0.717, 1.165) is 55.7 Å². The second-order valence-electron chi connectivity index (χ2n) is 5.23. The van der Waals surface area contributed by atoms with Gasteiger partial charge in [-0.15, -0.1) is 0 Å². The van der Waals surface area contributed by atoms with Gasteiger partial charge in [-0.1, -0.05) is 25.4 Å². The maximum absolute atomic E-state index is 6.07. The van der Waals surface area contributed by atoms with Gasteiger partial charge in [-0.25, -0.2) is 0 Å². The number of likely N-dealkylation sites (N-methyl/N-ethyl adjacent to an activating group) is 1. The Bertz CT molecular complexity index is 442. The Balaban J connectivity index is 1.92. The summed E-state index contributed by atoms with van der Waals surface area (Å²) in [5, 5.41) is 4.05. The molecule has 2 rings (SSSR count). The standard InChI is InChI=1S/C16H25ClN2O2/c1-3-18-10-13-9-14(17)5-6-16(13)21-12-15-11-19(4-2)7-8-20-15/h5-6,9,15,18H,3-4,7-8,10-12H2,1-2H3. The van der Waals surface area contributed by atoms with Gasteiger partial charge in [0, 0.05) is 30.2 Å². The average Bonchev–Trinajstić information content (AvgIpc) is 2.52. The zero-order chi connectivity index (χ0) is 15.1. The van der Waals surface area contributed by atoms with Crippen molar-refractivity contribution in [3.05, 3.63) is 28.8 Å². The molecule has 5 heteroatoms. The first-order valence-electron chi connectivity index (χ1n) is 7.68. The van der Waals surface area contributed by atoms with Crippen molar-refractivity contribution in [1.29, 1.82) is 0 Å². The number of nitrogens with one attached hydrogen (secondary N) is 1. The fourth-order valence-electron chi connectivity index (χ4n) is 2.44. The minimum Gasteiger partial charge on any atom is -0.490 e. The van der Waals surface area contributed by atoms with E-state index in [1.54, 1.807) is 0 Å². The number of halogens is 1. The van der Waals surface area contributed by atoms with Crippen molar-refractivity contribution in [1.82, 2.24) is 10.2 Å². The Labute approximate surface area is 132 Å². The fraction of sp³-hybridized carbons (Fsp3) is 0.625. The first kappa shape index (κ1) is 16.6. The quantitative estimate of drug-likeness (QED) is 0.839. The highest BCUT2D eigenvalue weighted by Crippen LogP contribution is 2.23. The maximum Gasteiger partial charge on any atom is 0.124 e. The molecule has 1 heterocycles. The molecule has 0 aromatic heterocycles. The van der Waals surface area contributed by atoms with E-state index in [0.29, 0.717) is 6.61 Å². The van der Waals surface area contributed by atoms with Crippen molar-refractivity contribution in [2.45, 2.75) is 26.5 Å². The van der Waals surface area contributed by atoms with E-state index >= 15 is 0 Å². The maximum atomic E-state index is 6.07. The van der Waals surface area contributed by atoms with Crippen molar-refractivity contribution >= 4 is 11.6 Å². The summed E-state index contributed by atoms with van der Waals surface area (Å²) in [5.41, 5.74) is 1.09. The summed E-state index contributed by atoms with van der Waals surface area (Å²) in [6.07, 6.45) is 0.140. The molecule has 1 fully saturated rings. The molecule has 0 spiro atoms. The molecule has 1 unspecified atom stereocenters. The van der Waals surface area contributed by atoms with E-state index < -0.39 is 0 Å². The molecule has 1 aromatic carbocycles. The van der Waals surface area contributed by atoms with E-state index in [1.807, 2.05) is 18.2 Å². The summed E-state index contributed by atoms with van der Waals surface area (Å²) in [6.45, 7) is 10.3. The van der Waals surface area contributed by atoms with Crippen molar-refractivity contribution < 1.29 is 9.47 Å². The number of benzene rings is 1. The summed E-state index contributed by atoms with van der Waals surface area (Å²) >= 11 is 6.07. The van der Waals surface area contributed by atoms with Gasteiger partial charge in [-0.3, -0.25) is 4.90 Å². The molecule has 1 saturated heterocycles. The molecule has 0 radical (unpaired) electrons. The summed E-state index contributed by atoms with van der Waals surface area (Å²) in [4.78, 5) is 2.39. The van der Waals surface area contributed by atoms with Crippen LogP contribution in [0.25, 0.3) is 0 Å². The first-order chi connectivity index (χ1) is 10.2. The molecular formula is C16H25ClN2O2. The number of nitrogens with zero attached hydrogens (tertiary/aromatic N) is 1. The van der Waals surface area contributed by atoms with Crippen molar-refractivity contribution in [3.8, 4) is 5.75 Å². The van der Waals surface area contributed by atoms with Crippen LogP contribution in [0.3, 0.4) is 0 Å². The van der Waals surface area contributed by atoms with Crippen LogP contribution in [0.5, 0.6) is 5.75 Å². The van der Waals surface area contributed by atoms with Crippen molar-refractivity contribution in [2.24, 2.45) is 0 Å². The molecule has 4 nitrogen and oxygen atoms in total. The number of hydrogen-bond donors (Lipinski definition) is 1. The third kappa shape index (κ3) is 5.15. The predicted octanol–water partition coefficient (Wildman–Crippen LogP) is 2.55. The SMILES string of the molecule is CCNCc1cc(Cl)ccc1OCC1CN(CC)CCO1. The van der Waals surface area contributed by atoms with Gasteiger partial charge in [0.1, 0.15) is 18.5 Å². The first-order valence-corrected chi connectivity index (χ1v) is 8.06. The lowest BCUT2D eigenvalue weighted by molar-refractivity contribution is -0.0465. The van der Waals surface area contributed by atoms with Crippen molar-refractivity contribution in [2.75, 3.05) is 39.4 Å². The van der Waals surface area contributed by atoms with Gasteiger partial charge in [0.15, 0.2) is 0 Å². The van der Waals surface area contributed by atoms with Crippen molar-refractivity contribution in [3.63, 3.8) is 0 Å². The zero-order valence-electron chi connectivity index (χ0n) is 12.9. The second kappa shape index (κ2) is 8.59. The third-order valence-electron chi connectivity index (χ3n) is 3.68. The fourth-order valence-corrected chi connectivity index (χ4v) is 2.63. The average molecular weight is 313 g/mol. The van der Waals surface area contributed by atoms with Crippen LogP contribution in [0.4, 0.5) is 0 Å². The van der Waals surface area contributed by atoms with Gasteiger partial charge in [-0.2, -0.15) is 0 Å². The van der Waals surface area contributed by atoms with Crippen LogP contribution in [-0.2, 0) is 11.3 Å². The summed E-state index contributed by atoms with van der Waals surface area (Å²) in [7, 11) is 0. The molecule has 1 aromatic rings. The smallest absolute Gasteiger partial charge is 0.124 e. The Morgan fingerprint density at radius 2 is 2.29 bits per heavy atom. The number of ether oxygens (including phenoxy) is 2. The van der Waals surface area contributed by atoms with E-state index in [1.165, 1.54) is 0 Å². The minimum absolute atomic E-state index is 0.140. The van der Waals surface area contributed by atoms with Gasteiger partial charge in [-0.05, 0) is 31.3 Å². The normalized spacial score (nSPS) is 19.7. The highest BCUT2D eigenvalue weighted by atomic mass is 35.5. The Kier molecular flexibility index (Phi) is 6.77. The van der Waals surface area contributed by atoms with Crippen LogP contribution >= 0.6 is 11.6 Å². The summed E-state index contributed by atoms with van der Waals surface area (Å²) in [6, 6.07) is 5.77. The summed E-state index contributed by atoms with van der Waals surface area (Å²) in [5.74, 6) is 0.887. The molecule has 0 aliphatic carbocycles. The lowest BCUT2D eigenvalue weighted by atomic mass is 10.2. The topological polar surface area (TPSA) is 33.7 Å². The largest absolute Gasteiger partial charge is 0.490 e. The lowest BCUT2D eigenvalue weighted by Gasteiger charge is -2.32. The highest BCUT2D eigenvalue weighted by molar-refractivity contribution is 6.30. The van der Waals surface area contributed by atoms with Crippen LogP contribution in [0.15, 0.2) is 18.2 Å².